The molecule has 0 aliphatic heterocycles. The Morgan fingerprint density at radius 2 is 1.67 bits per heavy atom. The molecule has 33 heavy (non-hydrogen) atoms. The van der Waals surface area contributed by atoms with E-state index in [1.54, 1.807) is 12.1 Å². The number of carbonyl (C=O) groups excluding carboxylic acids is 4. The molecule has 174 valence electrons. The predicted octanol–water partition coefficient (Wildman–Crippen LogP) is 2.59. The quantitative estimate of drug-likeness (QED) is 0.353. The molecule has 0 heterocycles. The largest absolute Gasteiger partial charge is 0.465 e. The van der Waals surface area contributed by atoms with Gasteiger partial charge in [0.1, 0.15) is 0 Å². The second kappa shape index (κ2) is 11.5. The summed E-state index contributed by atoms with van der Waals surface area (Å²) in [5.41, 5.74) is 0.314. The lowest BCUT2D eigenvalue weighted by molar-refractivity contribution is -0.150. The van der Waals surface area contributed by atoms with Crippen molar-refractivity contribution in [2.24, 2.45) is 0 Å². The topological polar surface area (TPSA) is 111 Å². The van der Waals surface area contributed by atoms with Crippen LogP contribution in [0.1, 0.15) is 22.8 Å². The van der Waals surface area contributed by atoms with Gasteiger partial charge in [0.2, 0.25) is 5.91 Å². The average molecular weight is 464 g/mol. The van der Waals surface area contributed by atoms with E-state index >= 15 is 0 Å². The molecule has 11 heteroatoms. The molecule has 0 spiro atoms. The smallest absolute Gasteiger partial charge is 0.337 e. The van der Waals surface area contributed by atoms with E-state index < -0.39 is 59.5 Å². The van der Waals surface area contributed by atoms with Crippen LogP contribution < -0.4 is 10.6 Å². The van der Waals surface area contributed by atoms with Gasteiger partial charge in [-0.05, 0) is 42.8 Å². The van der Waals surface area contributed by atoms with Gasteiger partial charge in [-0.2, -0.15) is 0 Å². The van der Waals surface area contributed by atoms with Crippen LogP contribution in [0, 0.1) is 17.5 Å². The van der Waals surface area contributed by atoms with E-state index in [-0.39, 0.29) is 0 Å². The van der Waals surface area contributed by atoms with E-state index in [2.05, 4.69) is 10.1 Å². The Bertz CT molecular complexity index is 1090. The number of halogens is 3. The molecule has 2 aromatic rings. The third-order valence-corrected chi connectivity index (χ3v) is 4.14. The lowest BCUT2D eigenvalue weighted by Crippen LogP contribution is -2.40. The standard InChI is InChI=1S/C22H19F3N2O6/c1-12(33-18(29)10-5-13-3-6-14(7-4-13)22(31)32-2)21(30)26-11-17(28)27-16-9-8-15(23)19(24)20(16)25/h3-10,12H,11H2,1-2H3,(H,26,30)(H,27,28)/b10-5+. The molecule has 0 aliphatic carbocycles. The number of methoxy groups -OCH3 is 1. The fraction of sp³-hybridized carbons (Fsp3) is 0.182. The summed E-state index contributed by atoms with van der Waals surface area (Å²) < 4.78 is 49.1. The van der Waals surface area contributed by atoms with Crippen molar-refractivity contribution in [3.8, 4) is 0 Å². The summed E-state index contributed by atoms with van der Waals surface area (Å²) in [6, 6.07) is 7.61. The van der Waals surface area contributed by atoms with Crippen molar-refractivity contribution in [1.29, 1.82) is 0 Å². The summed E-state index contributed by atoms with van der Waals surface area (Å²) in [7, 11) is 1.25. The Morgan fingerprint density at radius 3 is 2.30 bits per heavy atom. The molecule has 2 amide bonds. The highest BCUT2D eigenvalue weighted by atomic mass is 19.2. The van der Waals surface area contributed by atoms with Gasteiger partial charge in [0.25, 0.3) is 5.91 Å². The van der Waals surface area contributed by atoms with Gasteiger partial charge in [0, 0.05) is 6.08 Å². The number of hydrogen-bond donors (Lipinski definition) is 2. The second-order valence-corrected chi connectivity index (χ2v) is 6.51. The van der Waals surface area contributed by atoms with Crippen molar-refractivity contribution in [2.45, 2.75) is 13.0 Å². The normalized spacial score (nSPS) is 11.5. The monoisotopic (exact) mass is 464 g/mol. The Morgan fingerprint density at radius 1 is 1.00 bits per heavy atom. The summed E-state index contributed by atoms with van der Waals surface area (Å²) in [5, 5.41) is 4.15. The van der Waals surface area contributed by atoms with Gasteiger partial charge >= 0.3 is 11.9 Å². The summed E-state index contributed by atoms with van der Waals surface area (Å²) in [5.74, 6) is -7.83. The molecule has 0 fully saturated rings. The van der Waals surface area contributed by atoms with Crippen LogP contribution in [0.15, 0.2) is 42.5 Å². The van der Waals surface area contributed by atoms with Gasteiger partial charge in [0.15, 0.2) is 23.6 Å². The number of nitrogens with one attached hydrogen (secondary N) is 2. The van der Waals surface area contributed by atoms with E-state index in [1.165, 1.54) is 32.2 Å². The first-order valence-corrected chi connectivity index (χ1v) is 9.40. The number of anilines is 1. The molecule has 2 rings (SSSR count). The van der Waals surface area contributed by atoms with E-state index in [0.717, 1.165) is 12.1 Å². The number of hydrogen-bond acceptors (Lipinski definition) is 6. The van der Waals surface area contributed by atoms with Gasteiger partial charge in [-0.15, -0.1) is 0 Å². The van der Waals surface area contributed by atoms with Crippen LogP contribution in [0.25, 0.3) is 6.08 Å². The van der Waals surface area contributed by atoms with Gasteiger partial charge in [-0.3, -0.25) is 9.59 Å². The van der Waals surface area contributed by atoms with E-state index in [1.807, 2.05) is 5.32 Å². The molecular weight excluding hydrogens is 445 g/mol. The molecule has 2 aromatic carbocycles. The minimum atomic E-state index is -1.75. The summed E-state index contributed by atoms with van der Waals surface area (Å²) >= 11 is 0. The van der Waals surface area contributed by atoms with Crippen LogP contribution in [0.2, 0.25) is 0 Å². The zero-order chi connectivity index (χ0) is 24.5. The highest BCUT2D eigenvalue weighted by molar-refractivity contribution is 5.96. The number of rotatable bonds is 8. The molecule has 0 saturated heterocycles. The first-order valence-electron chi connectivity index (χ1n) is 9.40. The summed E-state index contributed by atoms with van der Waals surface area (Å²) in [4.78, 5) is 47.0. The maximum Gasteiger partial charge on any atom is 0.337 e. The number of amides is 2. The molecule has 0 aromatic heterocycles. The fourth-order valence-electron chi connectivity index (χ4n) is 2.41. The van der Waals surface area contributed by atoms with Gasteiger partial charge in [-0.25, -0.2) is 22.8 Å². The zero-order valence-corrected chi connectivity index (χ0v) is 17.5. The Balaban J connectivity index is 1.81. The molecule has 8 nitrogen and oxygen atoms in total. The average Bonchev–Trinajstić information content (AvgIpc) is 2.81. The first kappa shape index (κ1) is 25.1. The van der Waals surface area contributed by atoms with Crippen LogP contribution >= 0.6 is 0 Å². The van der Waals surface area contributed by atoms with E-state index in [9.17, 15) is 32.3 Å². The number of benzene rings is 2. The van der Waals surface area contributed by atoms with Gasteiger partial charge in [0.05, 0.1) is 24.9 Å². The summed E-state index contributed by atoms with van der Waals surface area (Å²) in [6.07, 6.45) is 1.20. The molecule has 0 saturated carbocycles. The lowest BCUT2D eigenvalue weighted by Gasteiger charge is -2.12. The molecular formula is C22H19F3N2O6. The first-order chi connectivity index (χ1) is 15.6. The van der Waals surface area contributed by atoms with Crippen LogP contribution in [-0.2, 0) is 23.9 Å². The predicted molar refractivity (Wildman–Crippen MR) is 110 cm³/mol. The van der Waals surface area contributed by atoms with Crippen LogP contribution in [0.3, 0.4) is 0 Å². The van der Waals surface area contributed by atoms with Crippen molar-refractivity contribution in [2.75, 3.05) is 19.0 Å². The minimum absolute atomic E-state index is 0.332. The lowest BCUT2D eigenvalue weighted by atomic mass is 10.1. The second-order valence-electron chi connectivity index (χ2n) is 6.51. The number of carbonyl (C=O) groups is 4. The minimum Gasteiger partial charge on any atom is -0.465 e. The highest BCUT2D eigenvalue weighted by Gasteiger charge is 2.19. The van der Waals surface area contributed by atoms with E-state index in [0.29, 0.717) is 17.2 Å². The van der Waals surface area contributed by atoms with Gasteiger partial charge < -0.3 is 20.1 Å². The molecule has 0 bridgehead atoms. The van der Waals surface area contributed by atoms with Crippen molar-refractivity contribution in [3.63, 3.8) is 0 Å². The molecule has 0 radical (unpaired) electrons. The molecule has 1 atom stereocenters. The molecule has 0 aliphatic rings. The maximum atomic E-state index is 13.6. The Hall–Kier alpha value is -4.15. The van der Waals surface area contributed by atoms with Crippen molar-refractivity contribution in [3.05, 3.63) is 71.1 Å². The van der Waals surface area contributed by atoms with E-state index in [4.69, 9.17) is 4.74 Å². The Kier molecular flexibility index (Phi) is 8.72. The van der Waals surface area contributed by atoms with Crippen molar-refractivity contribution in [1.82, 2.24) is 5.32 Å². The van der Waals surface area contributed by atoms with Crippen LogP contribution in [0.4, 0.5) is 18.9 Å². The van der Waals surface area contributed by atoms with Gasteiger partial charge in [-0.1, -0.05) is 12.1 Å². The van der Waals surface area contributed by atoms with Crippen molar-refractivity contribution >= 4 is 35.5 Å². The molecule has 1 unspecified atom stereocenters. The third-order valence-electron chi connectivity index (χ3n) is 4.14. The highest BCUT2D eigenvalue weighted by Crippen LogP contribution is 2.19. The zero-order valence-electron chi connectivity index (χ0n) is 17.5. The van der Waals surface area contributed by atoms with Crippen LogP contribution in [-0.4, -0.2) is 43.5 Å². The Labute approximate surface area is 186 Å². The third kappa shape index (κ3) is 7.20. The van der Waals surface area contributed by atoms with Crippen molar-refractivity contribution < 1.29 is 41.8 Å². The number of ether oxygens (including phenoxy) is 2. The fourth-order valence-corrected chi connectivity index (χ4v) is 2.41. The SMILES string of the molecule is COC(=O)c1ccc(/C=C/C(=O)OC(C)C(=O)NCC(=O)Nc2ccc(F)c(F)c2F)cc1. The molecule has 2 N–H and O–H groups in total. The number of esters is 2. The summed E-state index contributed by atoms with van der Waals surface area (Å²) in [6.45, 7) is 0.626. The van der Waals surface area contributed by atoms with Crippen LogP contribution in [0.5, 0.6) is 0 Å². The maximum absolute atomic E-state index is 13.6.